The Kier molecular flexibility index (Phi) is 7.55. The van der Waals surface area contributed by atoms with Crippen molar-refractivity contribution in [1.82, 2.24) is 0 Å². The largest absolute Gasteiger partial charge is 0.494 e. The summed E-state index contributed by atoms with van der Waals surface area (Å²) in [6.45, 7) is 2.41. The number of nitrogens with one attached hydrogen (secondary N) is 1. The third kappa shape index (κ3) is 5.57. The van der Waals surface area contributed by atoms with Gasteiger partial charge in [-0.25, -0.2) is 4.90 Å². The molecule has 2 aliphatic rings. The summed E-state index contributed by atoms with van der Waals surface area (Å²) in [5.41, 5.74) is 1.06. The second kappa shape index (κ2) is 10.8. The van der Waals surface area contributed by atoms with E-state index in [-0.39, 0.29) is 24.1 Å². The Hall–Kier alpha value is -3.59. The van der Waals surface area contributed by atoms with Crippen molar-refractivity contribution < 1.29 is 29.0 Å². The quantitative estimate of drug-likeness (QED) is 0.419. The van der Waals surface area contributed by atoms with Crippen LogP contribution in [0.3, 0.4) is 0 Å². The predicted octanol–water partition coefficient (Wildman–Crippen LogP) is 4.12. The first-order valence-corrected chi connectivity index (χ1v) is 12.3. The second-order valence-corrected chi connectivity index (χ2v) is 9.59. The Morgan fingerprint density at radius 3 is 2.31 bits per heavy atom. The third-order valence-corrected chi connectivity index (χ3v) is 7.19. The van der Waals surface area contributed by atoms with E-state index in [9.17, 15) is 24.3 Å². The molecule has 0 spiro atoms. The monoisotopic (exact) mass is 494 g/mol. The van der Waals surface area contributed by atoms with Crippen LogP contribution in [-0.2, 0) is 19.2 Å². The van der Waals surface area contributed by atoms with Gasteiger partial charge in [0.25, 0.3) is 0 Å². The van der Waals surface area contributed by atoms with Crippen LogP contribution in [0.25, 0.3) is 0 Å². The molecule has 1 aliphatic heterocycles. The lowest BCUT2D eigenvalue weighted by atomic mass is 9.82. The van der Waals surface area contributed by atoms with Crippen molar-refractivity contribution in [3.05, 3.63) is 60.7 Å². The zero-order valence-corrected chi connectivity index (χ0v) is 20.0. The number of nitrogens with zero attached hydrogens (tertiary/aromatic N) is 1. The van der Waals surface area contributed by atoms with Crippen LogP contribution in [0, 0.1) is 11.8 Å². The maximum atomic E-state index is 12.9. The molecule has 2 aromatic carbocycles. The van der Waals surface area contributed by atoms with Gasteiger partial charge >= 0.3 is 5.97 Å². The number of allylic oxidation sites excluding steroid dienone is 2. The van der Waals surface area contributed by atoms with E-state index in [1.54, 1.807) is 54.6 Å². The molecule has 1 fully saturated rings. The molecule has 3 amide bonds. The minimum absolute atomic E-state index is 0.0982. The van der Waals surface area contributed by atoms with E-state index in [2.05, 4.69) is 5.32 Å². The van der Waals surface area contributed by atoms with Crippen molar-refractivity contribution in [1.29, 1.82) is 0 Å². The molecule has 4 rings (SSSR count). The number of hydrogen-bond acceptors (Lipinski definition) is 6. The molecule has 9 heteroatoms. The number of thioether (sulfide) groups is 1. The number of carboxylic acids is 1. The number of rotatable bonds is 8. The van der Waals surface area contributed by atoms with E-state index in [4.69, 9.17) is 4.74 Å². The normalized spacial score (nSPS) is 21.7. The lowest BCUT2D eigenvalue weighted by Crippen LogP contribution is -2.34. The van der Waals surface area contributed by atoms with E-state index in [1.807, 2.05) is 13.0 Å². The first kappa shape index (κ1) is 24.5. The van der Waals surface area contributed by atoms with Crippen LogP contribution in [0.2, 0.25) is 0 Å². The van der Waals surface area contributed by atoms with Crippen LogP contribution < -0.4 is 15.0 Å². The molecule has 0 bridgehead atoms. The molecular weight excluding hydrogens is 468 g/mol. The molecule has 8 nitrogen and oxygen atoms in total. The van der Waals surface area contributed by atoms with Crippen molar-refractivity contribution in [2.24, 2.45) is 11.8 Å². The molecule has 2 N–H and O–H groups in total. The van der Waals surface area contributed by atoms with Crippen molar-refractivity contribution in [3.8, 4) is 5.75 Å². The minimum Gasteiger partial charge on any atom is -0.494 e. The fourth-order valence-electron chi connectivity index (χ4n) is 4.22. The summed E-state index contributed by atoms with van der Waals surface area (Å²) in [5.74, 6) is -2.52. The molecule has 1 aliphatic carbocycles. The number of carboxylic acid groups (broad SMARTS) is 1. The van der Waals surface area contributed by atoms with E-state index in [0.717, 1.165) is 4.90 Å². The number of carbonyl (C=O) groups is 4. The Bertz CT molecular complexity index is 1150. The highest BCUT2D eigenvalue weighted by molar-refractivity contribution is 8.00. The van der Waals surface area contributed by atoms with Crippen molar-refractivity contribution in [2.45, 2.75) is 36.3 Å². The number of amides is 3. The van der Waals surface area contributed by atoms with Gasteiger partial charge in [-0.1, -0.05) is 12.2 Å². The Labute approximate surface area is 207 Å². The lowest BCUT2D eigenvalue weighted by molar-refractivity contribution is -0.146. The summed E-state index contributed by atoms with van der Waals surface area (Å²) >= 11 is 1.30. The Morgan fingerprint density at radius 1 is 1.03 bits per heavy atom. The van der Waals surface area contributed by atoms with Gasteiger partial charge in [-0.3, -0.25) is 19.2 Å². The smallest absolute Gasteiger partial charge is 0.307 e. The SMILES string of the molecule is CCOc1ccc(N2C(=O)CC(Sc3ccc(NC(=O)C4CC=CCC4C(=O)O)cc3)C2=O)cc1. The molecule has 182 valence electrons. The first-order chi connectivity index (χ1) is 16.9. The first-order valence-electron chi connectivity index (χ1n) is 11.4. The second-order valence-electron chi connectivity index (χ2n) is 8.31. The number of hydrogen-bond donors (Lipinski definition) is 2. The Balaban J connectivity index is 1.37. The minimum atomic E-state index is -0.976. The molecule has 3 atom stereocenters. The lowest BCUT2D eigenvalue weighted by Gasteiger charge is -2.24. The van der Waals surface area contributed by atoms with Gasteiger partial charge in [0.05, 0.1) is 29.4 Å². The maximum absolute atomic E-state index is 12.9. The third-order valence-electron chi connectivity index (χ3n) is 6.00. The van der Waals surface area contributed by atoms with Gasteiger partial charge in [0.1, 0.15) is 5.75 Å². The molecular formula is C26H26N2O6S. The molecule has 1 heterocycles. The number of anilines is 2. The highest BCUT2D eigenvalue weighted by Gasteiger charge is 2.40. The summed E-state index contributed by atoms with van der Waals surface area (Å²) in [6, 6.07) is 13.8. The van der Waals surface area contributed by atoms with Gasteiger partial charge < -0.3 is 15.2 Å². The summed E-state index contributed by atoms with van der Waals surface area (Å²) in [4.78, 5) is 51.6. The molecule has 3 unspecified atom stereocenters. The van der Waals surface area contributed by atoms with Gasteiger partial charge in [-0.05, 0) is 68.3 Å². The van der Waals surface area contributed by atoms with E-state index in [1.165, 1.54) is 16.7 Å². The average molecular weight is 495 g/mol. The molecule has 1 saturated heterocycles. The van der Waals surface area contributed by atoms with Crippen molar-refractivity contribution >= 4 is 46.8 Å². The zero-order valence-electron chi connectivity index (χ0n) is 19.2. The highest BCUT2D eigenvalue weighted by atomic mass is 32.2. The summed E-state index contributed by atoms with van der Waals surface area (Å²) in [5, 5.41) is 11.6. The summed E-state index contributed by atoms with van der Waals surface area (Å²) < 4.78 is 5.41. The van der Waals surface area contributed by atoms with Crippen molar-refractivity contribution in [3.63, 3.8) is 0 Å². The number of aliphatic carboxylic acids is 1. The number of carbonyl (C=O) groups excluding carboxylic acids is 3. The van der Waals surface area contributed by atoms with Gasteiger partial charge in [-0.2, -0.15) is 0 Å². The van der Waals surface area contributed by atoms with Gasteiger partial charge in [0, 0.05) is 17.0 Å². The Morgan fingerprint density at radius 2 is 1.69 bits per heavy atom. The van der Waals surface area contributed by atoms with Crippen LogP contribution in [0.1, 0.15) is 26.2 Å². The topological polar surface area (TPSA) is 113 Å². The average Bonchev–Trinajstić information content (AvgIpc) is 3.13. The number of imide groups is 1. The maximum Gasteiger partial charge on any atom is 0.307 e. The predicted molar refractivity (Wildman–Crippen MR) is 132 cm³/mol. The molecule has 0 radical (unpaired) electrons. The molecule has 0 aromatic heterocycles. The fourth-order valence-corrected chi connectivity index (χ4v) is 5.27. The van der Waals surface area contributed by atoms with E-state index in [0.29, 0.717) is 36.6 Å². The van der Waals surface area contributed by atoms with E-state index < -0.39 is 23.1 Å². The molecule has 0 saturated carbocycles. The van der Waals surface area contributed by atoms with E-state index >= 15 is 0 Å². The van der Waals surface area contributed by atoms with Crippen LogP contribution in [0.15, 0.2) is 65.6 Å². The van der Waals surface area contributed by atoms with Gasteiger partial charge in [0.2, 0.25) is 17.7 Å². The van der Waals surface area contributed by atoms with Crippen LogP contribution in [-0.4, -0.2) is 40.7 Å². The van der Waals surface area contributed by atoms with Crippen molar-refractivity contribution in [2.75, 3.05) is 16.8 Å². The molecule has 35 heavy (non-hydrogen) atoms. The fraction of sp³-hybridized carbons (Fsp3) is 0.308. The summed E-state index contributed by atoms with van der Waals surface area (Å²) in [6.07, 6.45) is 4.45. The number of ether oxygens (including phenoxy) is 1. The number of benzene rings is 2. The molecule has 2 aromatic rings. The van der Waals surface area contributed by atoms with Gasteiger partial charge in [0.15, 0.2) is 0 Å². The van der Waals surface area contributed by atoms with Gasteiger partial charge in [-0.15, -0.1) is 11.8 Å². The standard InChI is InChI=1S/C26H26N2O6S/c1-2-34-18-11-9-17(10-12-18)28-23(29)15-22(25(28)31)35-19-13-7-16(8-14-19)27-24(30)20-5-3-4-6-21(20)26(32)33/h3-4,7-14,20-22H,2,5-6,15H2,1H3,(H,27,30)(H,32,33). The highest BCUT2D eigenvalue weighted by Crippen LogP contribution is 2.35. The zero-order chi connectivity index (χ0) is 24.9. The van der Waals surface area contributed by atoms with Crippen LogP contribution in [0.4, 0.5) is 11.4 Å². The van der Waals surface area contributed by atoms with Crippen LogP contribution >= 0.6 is 11.8 Å². The van der Waals surface area contributed by atoms with Crippen LogP contribution in [0.5, 0.6) is 5.75 Å². The summed E-state index contributed by atoms with van der Waals surface area (Å²) in [7, 11) is 0.